The number of nitrogens with one attached hydrogen (secondary N) is 1. The van der Waals surface area contributed by atoms with Gasteiger partial charge in [0.05, 0.1) is 35.0 Å². The Labute approximate surface area is 164 Å². The second-order valence-corrected chi connectivity index (χ2v) is 6.54. The van der Waals surface area contributed by atoms with Gasteiger partial charge < -0.3 is 15.0 Å². The molecule has 154 valence electrons. The number of amides is 1. The van der Waals surface area contributed by atoms with Gasteiger partial charge in [-0.15, -0.1) is 0 Å². The van der Waals surface area contributed by atoms with Crippen LogP contribution in [-0.4, -0.2) is 37.1 Å². The topological polar surface area (TPSA) is 84.7 Å². The number of rotatable bonds is 4. The molecule has 1 saturated heterocycles. The van der Waals surface area contributed by atoms with Gasteiger partial charge in [0.1, 0.15) is 0 Å². The number of nitro benzene ring substituents is 1. The number of hydrogen-bond acceptors (Lipinski definition) is 5. The van der Waals surface area contributed by atoms with E-state index in [-0.39, 0.29) is 22.5 Å². The van der Waals surface area contributed by atoms with Crippen molar-refractivity contribution in [3.05, 3.63) is 63.2 Å². The summed E-state index contributed by atoms with van der Waals surface area (Å²) in [6, 6.07) is 7.34. The van der Waals surface area contributed by atoms with Gasteiger partial charge in [0.25, 0.3) is 11.6 Å². The van der Waals surface area contributed by atoms with Crippen LogP contribution in [0.25, 0.3) is 0 Å². The van der Waals surface area contributed by atoms with Gasteiger partial charge in [-0.05, 0) is 30.7 Å². The van der Waals surface area contributed by atoms with Crippen LogP contribution in [0.15, 0.2) is 36.4 Å². The number of carbonyl (C=O) groups is 1. The maximum absolute atomic E-state index is 13.1. The van der Waals surface area contributed by atoms with Gasteiger partial charge in [0.2, 0.25) is 0 Å². The van der Waals surface area contributed by atoms with E-state index in [0.29, 0.717) is 32.0 Å². The molecule has 29 heavy (non-hydrogen) atoms. The quantitative estimate of drug-likeness (QED) is 0.609. The van der Waals surface area contributed by atoms with Gasteiger partial charge in [-0.3, -0.25) is 14.9 Å². The molecule has 0 aromatic heterocycles. The second kappa shape index (κ2) is 8.08. The van der Waals surface area contributed by atoms with Crippen LogP contribution in [0, 0.1) is 17.0 Å². The summed E-state index contributed by atoms with van der Waals surface area (Å²) in [6.45, 7) is 3.17. The SMILES string of the molecule is Cc1ccc(NC(=O)c2cc([N+](=O)[O-])ccc2N2CCOCC2)cc1C(F)(F)F. The third kappa shape index (κ3) is 4.65. The van der Waals surface area contributed by atoms with Crippen LogP contribution in [0.2, 0.25) is 0 Å². The van der Waals surface area contributed by atoms with Crippen molar-refractivity contribution in [2.45, 2.75) is 13.1 Å². The third-order valence-electron chi connectivity index (χ3n) is 4.59. The molecule has 0 saturated carbocycles. The van der Waals surface area contributed by atoms with E-state index in [1.807, 2.05) is 4.90 Å². The molecule has 1 N–H and O–H groups in total. The minimum absolute atomic E-state index is 0.00948. The van der Waals surface area contributed by atoms with E-state index < -0.39 is 22.6 Å². The summed E-state index contributed by atoms with van der Waals surface area (Å²) < 4.78 is 44.7. The Kier molecular flexibility index (Phi) is 5.73. The first kappa shape index (κ1) is 20.6. The predicted molar refractivity (Wildman–Crippen MR) is 100 cm³/mol. The average Bonchev–Trinajstić information content (AvgIpc) is 2.68. The molecule has 1 amide bonds. The standard InChI is InChI=1S/C19H18F3N3O4/c1-12-2-3-13(10-16(12)19(20,21)22)23-18(26)15-11-14(25(27)28)4-5-17(15)24-6-8-29-9-7-24/h2-5,10-11H,6-9H2,1H3,(H,23,26). The predicted octanol–water partition coefficient (Wildman–Crippen LogP) is 4.01. The van der Waals surface area contributed by atoms with E-state index in [4.69, 9.17) is 4.74 Å². The lowest BCUT2D eigenvalue weighted by Gasteiger charge is -2.30. The van der Waals surface area contributed by atoms with Crippen LogP contribution in [0.1, 0.15) is 21.5 Å². The molecule has 0 radical (unpaired) electrons. The number of ether oxygens (including phenoxy) is 1. The van der Waals surface area contributed by atoms with Crippen LogP contribution in [0.4, 0.5) is 30.2 Å². The van der Waals surface area contributed by atoms with Gasteiger partial charge >= 0.3 is 6.18 Å². The monoisotopic (exact) mass is 409 g/mol. The van der Waals surface area contributed by atoms with Crippen molar-refractivity contribution in [1.82, 2.24) is 0 Å². The lowest BCUT2D eigenvalue weighted by Crippen LogP contribution is -2.37. The zero-order valence-electron chi connectivity index (χ0n) is 15.5. The summed E-state index contributed by atoms with van der Waals surface area (Å²) in [4.78, 5) is 25.2. The van der Waals surface area contributed by atoms with Crippen molar-refractivity contribution >= 4 is 23.0 Å². The first-order chi connectivity index (χ1) is 13.7. The molecule has 2 aromatic rings. The number of alkyl halides is 3. The maximum Gasteiger partial charge on any atom is 0.416 e. The lowest BCUT2D eigenvalue weighted by atomic mass is 10.1. The molecule has 0 spiro atoms. The molecule has 10 heteroatoms. The van der Waals surface area contributed by atoms with Gasteiger partial charge in [-0.1, -0.05) is 6.07 Å². The number of nitro groups is 1. The largest absolute Gasteiger partial charge is 0.416 e. The average molecular weight is 409 g/mol. The summed E-state index contributed by atoms with van der Waals surface area (Å²) >= 11 is 0. The Bertz CT molecular complexity index is 941. The fourth-order valence-electron chi connectivity index (χ4n) is 3.10. The summed E-state index contributed by atoms with van der Waals surface area (Å²) in [7, 11) is 0. The lowest BCUT2D eigenvalue weighted by molar-refractivity contribution is -0.384. The molecule has 0 atom stereocenters. The van der Waals surface area contributed by atoms with E-state index in [1.54, 1.807) is 0 Å². The fraction of sp³-hybridized carbons (Fsp3) is 0.316. The fourth-order valence-corrected chi connectivity index (χ4v) is 3.10. The van der Waals surface area contributed by atoms with Gasteiger partial charge in [0, 0.05) is 30.9 Å². The molecule has 1 fully saturated rings. The molecule has 7 nitrogen and oxygen atoms in total. The van der Waals surface area contributed by atoms with E-state index >= 15 is 0 Å². The molecular formula is C19H18F3N3O4. The highest BCUT2D eigenvalue weighted by molar-refractivity contribution is 6.08. The molecule has 3 rings (SSSR count). The molecule has 0 bridgehead atoms. The van der Waals surface area contributed by atoms with E-state index in [2.05, 4.69) is 5.32 Å². The number of aryl methyl sites for hydroxylation is 1. The number of non-ortho nitro benzene ring substituents is 1. The number of nitrogens with zero attached hydrogens (tertiary/aromatic N) is 2. The minimum Gasteiger partial charge on any atom is -0.378 e. The van der Waals surface area contributed by atoms with Crippen molar-refractivity contribution in [2.75, 3.05) is 36.5 Å². The van der Waals surface area contributed by atoms with Crippen molar-refractivity contribution in [3.8, 4) is 0 Å². The van der Waals surface area contributed by atoms with Gasteiger partial charge in [0.15, 0.2) is 0 Å². The van der Waals surface area contributed by atoms with Crippen LogP contribution in [-0.2, 0) is 10.9 Å². The third-order valence-corrected chi connectivity index (χ3v) is 4.59. The number of halogens is 3. The molecule has 2 aromatic carbocycles. The molecule has 1 aliphatic heterocycles. The summed E-state index contributed by atoms with van der Waals surface area (Å²) in [6.07, 6.45) is -4.56. The summed E-state index contributed by atoms with van der Waals surface area (Å²) in [5, 5.41) is 13.6. The number of anilines is 2. The Morgan fingerprint density at radius 2 is 1.86 bits per heavy atom. The Morgan fingerprint density at radius 1 is 1.17 bits per heavy atom. The first-order valence-corrected chi connectivity index (χ1v) is 8.77. The van der Waals surface area contributed by atoms with E-state index in [1.165, 1.54) is 31.2 Å². The molecular weight excluding hydrogens is 391 g/mol. The van der Waals surface area contributed by atoms with Crippen molar-refractivity contribution < 1.29 is 27.6 Å². The summed E-state index contributed by atoms with van der Waals surface area (Å²) in [5.74, 6) is -0.729. The maximum atomic E-state index is 13.1. The van der Waals surface area contributed by atoms with Crippen LogP contribution in [0.3, 0.4) is 0 Å². The Morgan fingerprint density at radius 3 is 2.48 bits per heavy atom. The first-order valence-electron chi connectivity index (χ1n) is 8.77. The molecule has 0 aliphatic carbocycles. The Balaban J connectivity index is 1.95. The Hall–Kier alpha value is -3.14. The minimum atomic E-state index is -4.56. The number of hydrogen-bond donors (Lipinski definition) is 1. The van der Waals surface area contributed by atoms with Crippen LogP contribution in [0.5, 0.6) is 0 Å². The highest BCUT2D eigenvalue weighted by atomic mass is 19.4. The van der Waals surface area contributed by atoms with Crippen molar-refractivity contribution in [2.24, 2.45) is 0 Å². The van der Waals surface area contributed by atoms with Crippen molar-refractivity contribution in [1.29, 1.82) is 0 Å². The molecule has 0 unspecified atom stereocenters. The van der Waals surface area contributed by atoms with Gasteiger partial charge in [-0.25, -0.2) is 0 Å². The zero-order chi connectivity index (χ0) is 21.2. The van der Waals surface area contributed by atoms with E-state index in [0.717, 1.165) is 12.1 Å². The molecule has 1 aliphatic rings. The highest BCUT2D eigenvalue weighted by Gasteiger charge is 2.32. The summed E-state index contributed by atoms with van der Waals surface area (Å²) in [5.41, 5.74) is -0.697. The smallest absolute Gasteiger partial charge is 0.378 e. The highest BCUT2D eigenvalue weighted by Crippen LogP contribution is 2.34. The number of carbonyl (C=O) groups excluding carboxylic acids is 1. The van der Waals surface area contributed by atoms with E-state index in [9.17, 15) is 28.1 Å². The van der Waals surface area contributed by atoms with Crippen molar-refractivity contribution in [3.63, 3.8) is 0 Å². The zero-order valence-corrected chi connectivity index (χ0v) is 15.5. The number of morpholine rings is 1. The molecule has 1 heterocycles. The van der Waals surface area contributed by atoms with Crippen LogP contribution < -0.4 is 10.2 Å². The normalized spacial score (nSPS) is 14.6. The number of benzene rings is 2. The van der Waals surface area contributed by atoms with Gasteiger partial charge in [-0.2, -0.15) is 13.2 Å². The second-order valence-electron chi connectivity index (χ2n) is 6.54. The van der Waals surface area contributed by atoms with Crippen LogP contribution >= 0.6 is 0 Å².